The molecule has 3 aromatic heterocycles. The number of fused-ring (bicyclic) bond motifs is 6. The SMILES string of the molecule is O=c1c2c(cc(-c3ccccc3)n1-c1ccccc1)c1cc(-c3ccc4c(c3)c3ccccc3n4-c3ccccc3)ccc1n2-c1ccccc1. The Morgan fingerprint density at radius 2 is 0.765 bits per heavy atom. The first-order chi connectivity index (χ1) is 25.2. The molecule has 0 aliphatic carbocycles. The molecule has 0 aliphatic heterocycles. The molecule has 240 valence electrons. The number of benzene rings is 7. The number of hydrogen-bond acceptors (Lipinski definition) is 1. The van der Waals surface area contributed by atoms with Crippen molar-refractivity contribution in [2.75, 3.05) is 0 Å². The summed E-state index contributed by atoms with van der Waals surface area (Å²) >= 11 is 0. The highest BCUT2D eigenvalue weighted by Crippen LogP contribution is 2.39. The van der Waals surface area contributed by atoms with Gasteiger partial charge in [0.2, 0.25) is 0 Å². The van der Waals surface area contributed by atoms with Gasteiger partial charge in [0.1, 0.15) is 5.52 Å². The third-order valence-corrected chi connectivity index (χ3v) is 10.1. The number of rotatable bonds is 5. The van der Waals surface area contributed by atoms with Crippen LogP contribution in [0.15, 0.2) is 193 Å². The largest absolute Gasteiger partial charge is 0.309 e. The van der Waals surface area contributed by atoms with Gasteiger partial charge in [-0.2, -0.15) is 0 Å². The number of para-hydroxylation sites is 4. The van der Waals surface area contributed by atoms with E-state index in [4.69, 9.17) is 0 Å². The zero-order valence-corrected chi connectivity index (χ0v) is 27.6. The quantitative estimate of drug-likeness (QED) is 0.182. The molecule has 0 bridgehead atoms. The van der Waals surface area contributed by atoms with Crippen LogP contribution in [-0.2, 0) is 0 Å². The molecule has 10 rings (SSSR count). The second-order valence-corrected chi connectivity index (χ2v) is 13.0. The van der Waals surface area contributed by atoms with Crippen molar-refractivity contribution in [1.29, 1.82) is 0 Å². The van der Waals surface area contributed by atoms with Gasteiger partial charge >= 0.3 is 0 Å². The monoisotopic (exact) mass is 653 g/mol. The maximum absolute atomic E-state index is 15.0. The molecule has 7 aromatic carbocycles. The molecule has 0 radical (unpaired) electrons. The highest BCUT2D eigenvalue weighted by Gasteiger charge is 2.22. The predicted molar refractivity (Wildman–Crippen MR) is 212 cm³/mol. The second-order valence-electron chi connectivity index (χ2n) is 13.0. The molecule has 4 heteroatoms. The normalized spacial score (nSPS) is 11.6. The van der Waals surface area contributed by atoms with E-state index in [0.29, 0.717) is 5.52 Å². The molecule has 51 heavy (non-hydrogen) atoms. The summed E-state index contributed by atoms with van der Waals surface area (Å²) in [6, 6.07) is 65.1. The van der Waals surface area contributed by atoms with Gasteiger partial charge in [-0.1, -0.05) is 115 Å². The van der Waals surface area contributed by atoms with E-state index in [-0.39, 0.29) is 5.56 Å². The van der Waals surface area contributed by atoms with Crippen molar-refractivity contribution < 1.29 is 0 Å². The lowest BCUT2D eigenvalue weighted by molar-refractivity contribution is 1.000. The van der Waals surface area contributed by atoms with Crippen molar-refractivity contribution in [2.24, 2.45) is 0 Å². The van der Waals surface area contributed by atoms with Gasteiger partial charge in [-0.15, -0.1) is 0 Å². The molecule has 0 fully saturated rings. The van der Waals surface area contributed by atoms with Crippen LogP contribution in [0.3, 0.4) is 0 Å². The van der Waals surface area contributed by atoms with Crippen LogP contribution in [0, 0.1) is 0 Å². The Kier molecular flexibility index (Phi) is 6.61. The van der Waals surface area contributed by atoms with E-state index in [1.807, 2.05) is 71.3 Å². The number of hydrogen-bond donors (Lipinski definition) is 0. The lowest BCUT2D eigenvalue weighted by atomic mass is 10.00. The highest BCUT2D eigenvalue weighted by molar-refractivity contribution is 6.13. The molecule has 10 aromatic rings. The van der Waals surface area contributed by atoms with Gasteiger partial charge in [0.05, 0.1) is 22.2 Å². The summed E-state index contributed by atoms with van der Waals surface area (Å²) in [4.78, 5) is 15.0. The van der Waals surface area contributed by atoms with Gasteiger partial charge in [-0.05, 0) is 89.5 Å². The summed E-state index contributed by atoms with van der Waals surface area (Å²) in [5, 5.41) is 4.38. The van der Waals surface area contributed by atoms with E-state index in [1.54, 1.807) is 0 Å². The van der Waals surface area contributed by atoms with Crippen LogP contribution in [0.4, 0.5) is 0 Å². The van der Waals surface area contributed by atoms with Crippen molar-refractivity contribution in [3.63, 3.8) is 0 Å². The van der Waals surface area contributed by atoms with Crippen LogP contribution in [0.5, 0.6) is 0 Å². The molecule has 0 saturated heterocycles. The van der Waals surface area contributed by atoms with Crippen LogP contribution in [0.1, 0.15) is 0 Å². The number of pyridine rings is 1. The smallest absolute Gasteiger partial charge is 0.280 e. The second kappa shape index (κ2) is 11.6. The Morgan fingerprint density at radius 3 is 1.37 bits per heavy atom. The summed E-state index contributed by atoms with van der Waals surface area (Å²) < 4.78 is 6.32. The van der Waals surface area contributed by atoms with E-state index in [0.717, 1.165) is 55.7 Å². The first-order valence-corrected chi connectivity index (χ1v) is 17.2. The van der Waals surface area contributed by atoms with Crippen LogP contribution in [0.2, 0.25) is 0 Å². The molecule has 0 amide bonds. The number of nitrogens with zero attached hydrogens (tertiary/aromatic N) is 3. The molecule has 0 saturated carbocycles. The van der Waals surface area contributed by atoms with Gasteiger partial charge < -0.3 is 9.13 Å². The van der Waals surface area contributed by atoms with Crippen LogP contribution >= 0.6 is 0 Å². The maximum atomic E-state index is 15.0. The lowest BCUT2D eigenvalue weighted by Crippen LogP contribution is -2.22. The molecule has 0 unspecified atom stereocenters. The molecule has 0 N–H and O–H groups in total. The fraction of sp³-hybridized carbons (Fsp3) is 0. The molecule has 3 heterocycles. The molecular weight excluding hydrogens is 623 g/mol. The fourth-order valence-corrected chi connectivity index (χ4v) is 7.78. The molecule has 0 aliphatic rings. The number of aromatic nitrogens is 3. The third kappa shape index (κ3) is 4.58. The summed E-state index contributed by atoms with van der Waals surface area (Å²) in [5.74, 6) is 0. The van der Waals surface area contributed by atoms with Crippen molar-refractivity contribution >= 4 is 43.6 Å². The molecule has 0 spiro atoms. The Labute approximate surface area is 294 Å². The van der Waals surface area contributed by atoms with E-state index in [1.165, 1.54) is 21.8 Å². The van der Waals surface area contributed by atoms with Crippen molar-refractivity contribution in [2.45, 2.75) is 0 Å². The standard InChI is InChI=1S/C47H31N3O/c51-47-46-41(31-45(32-15-5-1-6-16-32)50(47)37-21-11-4-12-22-37)40-30-34(26-28-44(40)49(46)36-19-9-3-10-20-36)33-25-27-43-39(29-33)38-23-13-14-24-42(38)48(43)35-17-7-2-8-18-35/h1-31H. The Morgan fingerprint density at radius 1 is 0.314 bits per heavy atom. The van der Waals surface area contributed by atoms with Gasteiger partial charge in [-0.3, -0.25) is 9.36 Å². The Hall–Kier alpha value is -6.91. The topological polar surface area (TPSA) is 31.9 Å². The summed E-state index contributed by atoms with van der Waals surface area (Å²) in [6.07, 6.45) is 0. The third-order valence-electron chi connectivity index (χ3n) is 10.1. The van der Waals surface area contributed by atoms with Gasteiger partial charge in [0, 0.05) is 38.6 Å². The fourth-order valence-electron chi connectivity index (χ4n) is 7.78. The average Bonchev–Trinajstić information content (AvgIpc) is 3.71. The van der Waals surface area contributed by atoms with Crippen molar-refractivity contribution in [1.82, 2.24) is 13.7 Å². The Bertz CT molecular complexity index is 2960. The maximum Gasteiger partial charge on any atom is 0.280 e. The first kappa shape index (κ1) is 29.0. The zero-order valence-electron chi connectivity index (χ0n) is 27.6. The van der Waals surface area contributed by atoms with Crippen LogP contribution in [-0.4, -0.2) is 13.7 Å². The summed E-state index contributed by atoms with van der Waals surface area (Å²) in [5.41, 5.74) is 10.9. The van der Waals surface area contributed by atoms with E-state index >= 15 is 0 Å². The minimum Gasteiger partial charge on any atom is -0.309 e. The van der Waals surface area contributed by atoms with Gasteiger partial charge in [-0.25, -0.2) is 0 Å². The molecular formula is C47H31N3O. The minimum absolute atomic E-state index is 0.0608. The zero-order chi connectivity index (χ0) is 33.9. The van der Waals surface area contributed by atoms with Crippen molar-refractivity contribution in [3.8, 4) is 39.4 Å². The average molecular weight is 654 g/mol. The predicted octanol–water partition coefficient (Wildman–Crippen LogP) is 11.4. The molecule has 0 atom stereocenters. The summed E-state index contributed by atoms with van der Waals surface area (Å²) in [6.45, 7) is 0. The molecule has 4 nitrogen and oxygen atoms in total. The van der Waals surface area contributed by atoms with Gasteiger partial charge in [0.15, 0.2) is 0 Å². The van der Waals surface area contributed by atoms with E-state index < -0.39 is 0 Å². The minimum atomic E-state index is -0.0608. The Balaban J connectivity index is 1.26. The highest BCUT2D eigenvalue weighted by atomic mass is 16.1. The van der Waals surface area contributed by atoms with Crippen LogP contribution in [0.25, 0.3) is 83.1 Å². The van der Waals surface area contributed by atoms with E-state index in [9.17, 15) is 4.79 Å². The summed E-state index contributed by atoms with van der Waals surface area (Å²) in [7, 11) is 0. The van der Waals surface area contributed by atoms with Crippen LogP contribution < -0.4 is 5.56 Å². The van der Waals surface area contributed by atoms with Crippen molar-refractivity contribution in [3.05, 3.63) is 198 Å². The lowest BCUT2D eigenvalue weighted by Gasteiger charge is -2.15. The first-order valence-electron chi connectivity index (χ1n) is 17.2. The van der Waals surface area contributed by atoms with E-state index in [2.05, 4.69) is 130 Å². The van der Waals surface area contributed by atoms with Gasteiger partial charge in [0.25, 0.3) is 5.56 Å².